The van der Waals surface area contributed by atoms with Gasteiger partial charge in [0.1, 0.15) is 5.75 Å². The van der Waals surface area contributed by atoms with Crippen LogP contribution in [-0.2, 0) is 0 Å². The number of nitrogens with one attached hydrogen (secondary N) is 1. The van der Waals surface area contributed by atoms with Gasteiger partial charge in [0.25, 0.3) is 5.91 Å². The number of benzene rings is 2. The van der Waals surface area contributed by atoms with Gasteiger partial charge in [-0.1, -0.05) is 18.2 Å². The van der Waals surface area contributed by atoms with Crippen molar-refractivity contribution in [1.82, 2.24) is 10.2 Å². The number of hydrogen-bond donors (Lipinski definition) is 1. The average Bonchev–Trinajstić information content (AvgIpc) is 2.92. The summed E-state index contributed by atoms with van der Waals surface area (Å²) < 4.78 is 5.41. The molecule has 0 spiro atoms. The molecular formula is C19H22N2O2. The van der Waals surface area contributed by atoms with Crippen molar-refractivity contribution in [3.05, 3.63) is 42.0 Å². The van der Waals surface area contributed by atoms with Crippen LogP contribution >= 0.6 is 0 Å². The summed E-state index contributed by atoms with van der Waals surface area (Å²) in [5, 5.41) is 5.28. The highest BCUT2D eigenvalue weighted by molar-refractivity contribution is 6.00. The summed E-state index contributed by atoms with van der Waals surface area (Å²) in [5.41, 5.74) is 0.704. The first-order valence-electron chi connectivity index (χ1n) is 8.33. The maximum absolute atomic E-state index is 12.6. The number of hydrogen-bond acceptors (Lipinski definition) is 3. The van der Waals surface area contributed by atoms with Gasteiger partial charge in [-0.2, -0.15) is 0 Å². The highest BCUT2D eigenvalue weighted by Crippen LogP contribution is 2.28. The van der Waals surface area contributed by atoms with Gasteiger partial charge in [0.05, 0.1) is 7.11 Å². The Morgan fingerprint density at radius 1 is 1.26 bits per heavy atom. The lowest BCUT2D eigenvalue weighted by Crippen LogP contribution is -2.47. The number of rotatable bonds is 3. The summed E-state index contributed by atoms with van der Waals surface area (Å²) in [4.78, 5) is 15.1. The molecule has 2 aromatic rings. The predicted molar refractivity (Wildman–Crippen MR) is 90.9 cm³/mol. The molecule has 4 heteroatoms. The molecule has 2 bridgehead atoms. The molecule has 2 aliphatic heterocycles. The van der Waals surface area contributed by atoms with Crippen LogP contribution in [0.2, 0.25) is 0 Å². The molecule has 1 unspecified atom stereocenters. The van der Waals surface area contributed by atoms with E-state index >= 15 is 0 Å². The topological polar surface area (TPSA) is 41.6 Å². The fourth-order valence-corrected chi connectivity index (χ4v) is 4.00. The minimum Gasteiger partial charge on any atom is -0.496 e. The van der Waals surface area contributed by atoms with Crippen molar-refractivity contribution in [3.63, 3.8) is 0 Å². The van der Waals surface area contributed by atoms with Gasteiger partial charge in [0.2, 0.25) is 0 Å². The molecule has 0 radical (unpaired) electrons. The van der Waals surface area contributed by atoms with Crippen LogP contribution in [0.25, 0.3) is 10.8 Å². The van der Waals surface area contributed by atoms with E-state index in [0.717, 1.165) is 35.4 Å². The molecule has 2 fully saturated rings. The fraction of sp³-hybridized carbons (Fsp3) is 0.421. The van der Waals surface area contributed by atoms with Crippen LogP contribution < -0.4 is 10.1 Å². The highest BCUT2D eigenvalue weighted by Gasteiger charge is 2.32. The van der Waals surface area contributed by atoms with Gasteiger partial charge in [0, 0.05) is 30.1 Å². The van der Waals surface area contributed by atoms with Gasteiger partial charge >= 0.3 is 0 Å². The number of amides is 1. The Bertz CT molecular complexity index is 731. The SMILES string of the molecule is COc1cccc2ccc(C(=O)N[C@@H]3C[C@H]4CCN(C4)C3)cc12. The normalized spacial score (nSPS) is 26.2. The van der Waals surface area contributed by atoms with Crippen LogP contribution in [0.4, 0.5) is 0 Å². The molecule has 2 heterocycles. The first kappa shape index (κ1) is 14.5. The smallest absolute Gasteiger partial charge is 0.251 e. The van der Waals surface area contributed by atoms with Crippen LogP contribution in [0.5, 0.6) is 5.75 Å². The number of piperidine rings is 1. The summed E-state index contributed by atoms with van der Waals surface area (Å²) in [6, 6.07) is 12.0. The Morgan fingerprint density at radius 2 is 2.17 bits per heavy atom. The van der Waals surface area contributed by atoms with E-state index in [0.29, 0.717) is 5.56 Å². The van der Waals surface area contributed by atoms with Crippen LogP contribution in [0.1, 0.15) is 23.2 Å². The van der Waals surface area contributed by atoms with Gasteiger partial charge in [-0.15, -0.1) is 0 Å². The Hall–Kier alpha value is -2.07. The quantitative estimate of drug-likeness (QED) is 0.947. The number of carbonyl (C=O) groups is 1. The fourth-order valence-electron chi connectivity index (χ4n) is 4.00. The molecule has 3 atom stereocenters. The van der Waals surface area contributed by atoms with E-state index in [2.05, 4.69) is 10.2 Å². The molecule has 4 nitrogen and oxygen atoms in total. The summed E-state index contributed by atoms with van der Waals surface area (Å²) in [6.07, 6.45) is 2.39. The lowest BCUT2D eigenvalue weighted by atomic mass is 9.96. The molecule has 0 aliphatic carbocycles. The van der Waals surface area contributed by atoms with Gasteiger partial charge in [0.15, 0.2) is 0 Å². The van der Waals surface area contributed by atoms with E-state index < -0.39 is 0 Å². The van der Waals surface area contributed by atoms with Crippen molar-refractivity contribution >= 4 is 16.7 Å². The maximum Gasteiger partial charge on any atom is 0.251 e. The molecule has 0 aromatic heterocycles. The summed E-state index contributed by atoms with van der Waals surface area (Å²) in [7, 11) is 1.66. The first-order valence-corrected chi connectivity index (χ1v) is 8.33. The number of nitrogens with zero attached hydrogens (tertiary/aromatic N) is 1. The second kappa shape index (κ2) is 5.85. The Morgan fingerprint density at radius 3 is 3.00 bits per heavy atom. The number of ether oxygens (including phenoxy) is 1. The third kappa shape index (κ3) is 2.79. The van der Waals surface area contributed by atoms with Crippen molar-refractivity contribution < 1.29 is 9.53 Å². The third-order valence-corrected chi connectivity index (χ3v) is 5.13. The monoisotopic (exact) mass is 310 g/mol. The number of methoxy groups -OCH3 is 1. The molecule has 2 saturated heterocycles. The second-order valence-electron chi connectivity index (χ2n) is 6.72. The lowest BCUT2D eigenvalue weighted by Gasteiger charge is -2.30. The zero-order valence-corrected chi connectivity index (χ0v) is 13.4. The first-order chi connectivity index (χ1) is 11.2. The summed E-state index contributed by atoms with van der Waals surface area (Å²) in [6.45, 7) is 3.38. The predicted octanol–water partition coefficient (Wildman–Crippen LogP) is 2.67. The zero-order valence-electron chi connectivity index (χ0n) is 13.4. The van der Waals surface area contributed by atoms with E-state index in [1.54, 1.807) is 7.11 Å². The minimum absolute atomic E-state index is 0.0188. The molecular weight excluding hydrogens is 288 g/mol. The van der Waals surface area contributed by atoms with E-state index in [1.165, 1.54) is 19.5 Å². The van der Waals surface area contributed by atoms with E-state index in [9.17, 15) is 4.79 Å². The van der Waals surface area contributed by atoms with Gasteiger partial charge in [-0.3, -0.25) is 4.79 Å². The highest BCUT2D eigenvalue weighted by atomic mass is 16.5. The molecule has 4 rings (SSSR count). The maximum atomic E-state index is 12.6. The van der Waals surface area contributed by atoms with Crippen molar-refractivity contribution in [1.29, 1.82) is 0 Å². The molecule has 23 heavy (non-hydrogen) atoms. The Balaban J connectivity index is 1.55. The summed E-state index contributed by atoms with van der Waals surface area (Å²) >= 11 is 0. The molecule has 2 aromatic carbocycles. The van der Waals surface area contributed by atoms with Gasteiger partial charge < -0.3 is 15.0 Å². The van der Waals surface area contributed by atoms with Gasteiger partial charge in [-0.25, -0.2) is 0 Å². The lowest BCUT2D eigenvalue weighted by molar-refractivity contribution is 0.0909. The van der Waals surface area contributed by atoms with Crippen molar-refractivity contribution in [3.8, 4) is 5.75 Å². The van der Waals surface area contributed by atoms with Gasteiger partial charge in [-0.05, 0) is 48.9 Å². The zero-order chi connectivity index (χ0) is 15.8. The van der Waals surface area contributed by atoms with Crippen LogP contribution in [0.15, 0.2) is 36.4 Å². The molecule has 0 saturated carbocycles. The van der Waals surface area contributed by atoms with E-state index in [-0.39, 0.29) is 11.9 Å². The third-order valence-electron chi connectivity index (χ3n) is 5.13. The second-order valence-corrected chi connectivity index (χ2v) is 6.72. The standard InChI is InChI=1S/C19H22N2O2/c1-23-18-4-2-3-14-5-6-15(10-17(14)18)19(22)20-16-9-13-7-8-21(11-13)12-16/h2-6,10,13,16H,7-9,11-12H2,1H3,(H,20,22)/t13-,16-/m1/s1. The molecule has 1 amide bonds. The van der Waals surface area contributed by atoms with E-state index in [1.807, 2.05) is 36.4 Å². The Labute approximate surface area is 136 Å². The Kier molecular flexibility index (Phi) is 3.69. The molecule has 1 N–H and O–H groups in total. The van der Waals surface area contributed by atoms with Crippen LogP contribution in [0.3, 0.4) is 0 Å². The molecule has 120 valence electrons. The number of fused-ring (bicyclic) bond motifs is 3. The van der Waals surface area contributed by atoms with Crippen molar-refractivity contribution in [2.45, 2.75) is 18.9 Å². The van der Waals surface area contributed by atoms with Crippen molar-refractivity contribution in [2.24, 2.45) is 5.92 Å². The largest absolute Gasteiger partial charge is 0.496 e. The minimum atomic E-state index is 0.0188. The van der Waals surface area contributed by atoms with E-state index in [4.69, 9.17) is 4.74 Å². The van der Waals surface area contributed by atoms with Crippen LogP contribution in [0, 0.1) is 5.92 Å². The average molecular weight is 310 g/mol. The van der Waals surface area contributed by atoms with Crippen molar-refractivity contribution in [2.75, 3.05) is 26.7 Å². The van der Waals surface area contributed by atoms with Crippen LogP contribution in [-0.4, -0.2) is 43.6 Å². The number of carbonyl (C=O) groups excluding carboxylic acids is 1. The molecule has 2 aliphatic rings. The summed E-state index contributed by atoms with van der Waals surface area (Å²) in [5.74, 6) is 1.58.